The average molecular weight is 1150 g/mol. The highest BCUT2D eigenvalue weighted by atomic mass is 32.1. The topological polar surface area (TPSA) is 212 Å². The van der Waals surface area contributed by atoms with E-state index in [1.165, 1.54) is 31.3 Å². The number of fused-ring (bicyclic) bond motifs is 7. The third kappa shape index (κ3) is 11.5. The number of thiazole rings is 1. The van der Waals surface area contributed by atoms with Gasteiger partial charge in [-0.3, -0.25) is 4.90 Å². The smallest absolute Gasteiger partial charge is 0.349 e. The number of methoxy groups -OCH3 is 1. The number of nitrogens with zero attached hydrogens (tertiary/aromatic N) is 4. The molecule has 5 aromatic heterocycles. The van der Waals surface area contributed by atoms with Gasteiger partial charge in [0.05, 0.1) is 33.8 Å². The minimum absolute atomic E-state index is 0.179. The lowest BCUT2D eigenvalue weighted by atomic mass is 9.98. The molecule has 6 heterocycles. The molecule has 0 spiro atoms. The summed E-state index contributed by atoms with van der Waals surface area (Å²) >= 11 is 1.48. The molecule has 0 amide bonds. The largest absolute Gasteiger partial charge is 0.507 e. The molecule has 16 nitrogen and oxygen atoms in total. The van der Waals surface area contributed by atoms with Crippen LogP contribution >= 0.6 is 11.3 Å². The molecule has 2 unspecified atom stereocenters. The number of anilines is 1. The summed E-state index contributed by atoms with van der Waals surface area (Å²) in [5.74, 6) is 0.254. The minimum Gasteiger partial charge on any atom is -0.507 e. The van der Waals surface area contributed by atoms with E-state index in [-0.39, 0.29) is 11.6 Å². The van der Waals surface area contributed by atoms with Crippen LogP contribution in [0.25, 0.3) is 87.0 Å². The summed E-state index contributed by atoms with van der Waals surface area (Å²) in [5.41, 5.74) is 5.88. The molecular weight excluding hydrogens is 1080 g/mol. The van der Waals surface area contributed by atoms with Gasteiger partial charge in [-0.2, -0.15) is 0 Å². The van der Waals surface area contributed by atoms with E-state index >= 15 is 0 Å². The molecule has 7 aromatic carbocycles. The number of para-hydroxylation sites is 3. The molecular formula is C67H60N4O12S. The summed E-state index contributed by atoms with van der Waals surface area (Å²) in [7, 11) is 1.53. The van der Waals surface area contributed by atoms with E-state index in [0.29, 0.717) is 90.1 Å². The second kappa shape index (κ2) is 24.5. The Kier molecular flexibility index (Phi) is 16.4. The zero-order valence-corrected chi connectivity index (χ0v) is 47.7. The number of carbonyl (C=O) groups is 1. The maximum Gasteiger partial charge on any atom is 0.349 e. The van der Waals surface area contributed by atoms with E-state index in [1.54, 1.807) is 85.8 Å². The predicted molar refractivity (Wildman–Crippen MR) is 329 cm³/mol. The van der Waals surface area contributed by atoms with Crippen LogP contribution < -0.4 is 31.3 Å². The van der Waals surface area contributed by atoms with Crippen LogP contribution in [-0.2, 0) is 11.3 Å². The number of benzene rings is 7. The summed E-state index contributed by atoms with van der Waals surface area (Å²) in [4.78, 5) is 63.2. The number of oxazole rings is 1. The van der Waals surface area contributed by atoms with Crippen LogP contribution in [0.4, 0.5) is 5.69 Å². The van der Waals surface area contributed by atoms with Gasteiger partial charge in [-0.05, 0) is 138 Å². The number of phenolic OH excluding ortho intramolecular Hbond substituents is 1. The molecule has 0 aliphatic carbocycles. The van der Waals surface area contributed by atoms with Gasteiger partial charge in [0.15, 0.2) is 5.58 Å². The van der Waals surface area contributed by atoms with Crippen LogP contribution in [0.1, 0.15) is 69.2 Å². The third-order valence-electron chi connectivity index (χ3n) is 15.3. The van der Waals surface area contributed by atoms with Gasteiger partial charge < -0.3 is 42.3 Å². The van der Waals surface area contributed by atoms with Crippen LogP contribution in [-0.4, -0.2) is 63.8 Å². The van der Waals surface area contributed by atoms with Gasteiger partial charge in [-0.25, -0.2) is 29.1 Å². The number of piperidine rings is 1. The maximum atomic E-state index is 12.9. The molecule has 84 heavy (non-hydrogen) atoms. The zero-order chi connectivity index (χ0) is 58.6. The number of rotatable bonds is 13. The summed E-state index contributed by atoms with van der Waals surface area (Å²) < 4.78 is 34.6. The highest BCUT2D eigenvalue weighted by Gasteiger charge is 2.26. The molecule has 1 aliphatic rings. The van der Waals surface area contributed by atoms with Crippen molar-refractivity contribution in [3.05, 3.63) is 200 Å². The van der Waals surface area contributed by atoms with Gasteiger partial charge >= 0.3 is 22.8 Å². The Morgan fingerprint density at radius 2 is 1.42 bits per heavy atom. The van der Waals surface area contributed by atoms with Gasteiger partial charge in [-0.1, -0.05) is 67.9 Å². The number of aromatic hydroxyl groups is 1. The number of phenols is 1. The molecule has 12 aromatic rings. The van der Waals surface area contributed by atoms with E-state index in [0.717, 1.165) is 69.9 Å². The molecule has 0 bridgehead atoms. The lowest BCUT2D eigenvalue weighted by Crippen LogP contribution is -2.38. The first-order valence-corrected chi connectivity index (χ1v) is 28.7. The number of aryl methyl sites for hydroxylation is 1. The Morgan fingerprint density at radius 3 is 2.17 bits per heavy atom. The van der Waals surface area contributed by atoms with Crippen molar-refractivity contribution in [3.8, 4) is 39.3 Å². The average Bonchev–Trinajstić information content (AvgIpc) is 1.90. The van der Waals surface area contributed by atoms with Crippen molar-refractivity contribution >= 4 is 88.0 Å². The summed E-state index contributed by atoms with van der Waals surface area (Å²) in [6, 6.07) is 46.1. The van der Waals surface area contributed by atoms with Crippen LogP contribution in [0, 0.1) is 6.92 Å². The molecule has 426 valence electrons. The summed E-state index contributed by atoms with van der Waals surface area (Å²) in [5, 5.41) is 24.4. The summed E-state index contributed by atoms with van der Waals surface area (Å²) in [6.07, 6.45) is 3.49. The van der Waals surface area contributed by atoms with Gasteiger partial charge in [0.1, 0.15) is 50.1 Å². The van der Waals surface area contributed by atoms with Crippen LogP contribution in [0.15, 0.2) is 184 Å². The molecule has 1 saturated heterocycles. The third-order valence-corrected chi connectivity index (χ3v) is 16.4. The second-order valence-corrected chi connectivity index (χ2v) is 21.4. The Hall–Kier alpha value is -9.58. The van der Waals surface area contributed by atoms with Crippen LogP contribution in [0.3, 0.4) is 0 Å². The van der Waals surface area contributed by atoms with Crippen molar-refractivity contribution in [2.75, 3.05) is 31.6 Å². The second-order valence-electron chi connectivity index (χ2n) is 20.4. The molecule has 13 rings (SSSR count). The molecule has 1 aliphatic heterocycles. The van der Waals surface area contributed by atoms with Gasteiger partial charge in [0.25, 0.3) is 0 Å². The molecule has 1 fully saturated rings. The number of carboxylic acids is 1. The fourth-order valence-electron chi connectivity index (χ4n) is 10.8. The standard InChI is InChI=1S/C24H24N2O3S.C23H18O6.C20H18N2O3/c1-2-16-7-5-6-12-26(16)14-18-20(27)11-10-15-13-17(24(28)29-22(15)18)23-25-19-8-3-4-9-21(19)30-23;1-13-19(28-21(22(24)25)14-6-4-3-5-7-14)11-10-17-16-9-8-15(27-2)12-18(16)23(26)29-20(13)17;1-3-22(4-2)14-10-9-13-11-15(20(23)25-18(13)12-14)19-21-16-7-5-6-8-17(16)24-19/h3-4,8-11,13,16,27H,2,5-7,12,14H2,1H3;3-12,21H,1-2H3,(H,24,25);5-12H,3-4H2,1-2H3. The quantitative estimate of drug-likeness (QED) is 0.0811. The first-order chi connectivity index (χ1) is 40.8. The van der Waals surface area contributed by atoms with Crippen molar-refractivity contribution in [1.82, 2.24) is 14.9 Å². The fraction of sp³-hybridized carbons (Fsp3) is 0.224. The van der Waals surface area contributed by atoms with Crippen molar-refractivity contribution < 1.29 is 42.1 Å². The first-order valence-electron chi connectivity index (χ1n) is 27.9. The number of hydrogen-bond acceptors (Lipinski definition) is 16. The van der Waals surface area contributed by atoms with E-state index in [1.807, 2.05) is 72.8 Å². The Labute approximate surface area is 485 Å². The predicted octanol–water partition coefficient (Wildman–Crippen LogP) is 14.5. The van der Waals surface area contributed by atoms with Crippen molar-refractivity contribution in [1.29, 1.82) is 0 Å². The zero-order valence-electron chi connectivity index (χ0n) is 46.9. The SMILES string of the molecule is CCC1CCCCN1Cc1c(O)ccc2cc(-c3nc4ccccc4s3)c(=O)oc12.CCN(CC)c1ccc2cc(-c3nc4ccccc4o3)c(=O)oc2c1.COc1ccc2c(c1)c(=O)oc1c(C)c(OC(C(=O)O)c3ccccc3)ccc12. The first kappa shape index (κ1) is 56.3. The van der Waals surface area contributed by atoms with Crippen molar-refractivity contribution in [3.63, 3.8) is 0 Å². The van der Waals surface area contributed by atoms with E-state index < -0.39 is 29.0 Å². The fourth-order valence-corrected chi connectivity index (χ4v) is 11.8. The lowest BCUT2D eigenvalue weighted by Gasteiger charge is -2.35. The molecule has 0 saturated carbocycles. The van der Waals surface area contributed by atoms with Crippen LogP contribution in [0.5, 0.6) is 17.2 Å². The van der Waals surface area contributed by atoms with E-state index in [4.69, 9.17) is 27.1 Å². The van der Waals surface area contributed by atoms with Gasteiger partial charge in [-0.15, -0.1) is 11.3 Å². The van der Waals surface area contributed by atoms with Gasteiger partial charge in [0, 0.05) is 70.1 Å². The van der Waals surface area contributed by atoms with Crippen molar-refractivity contribution in [2.24, 2.45) is 0 Å². The maximum absolute atomic E-state index is 12.9. The Bertz CT molecular complexity index is 4520. The highest BCUT2D eigenvalue weighted by Crippen LogP contribution is 2.37. The minimum atomic E-state index is -1.18. The van der Waals surface area contributed by atoms with E-state index in [9.17, 15) is 29.4 Å². The molecule has 0 radical (unpaired) electrons. The number of aliphatic carboxylic acids is 1. The number of aromatic nitrogens is 2. The summed E-state index contributed by atoms with van der Waals surface area (Å²) in [6.45, 7) is 11.5. The Balaban J connectivity index is 0.000000132. The van der Waals surface area contributed by atoms with E-state index in [2.05, 4.69) is 40.5 Å². The van der Waals surface area contributed by atoms with Gasteiger partial charge in [0.2, 0.25) is 12.0 Å². The molecule has 2 atom stereocenters. The lowest BCUT2D eigenvalue weighted by molar-refractivity contribution is -0.145. The monoisotopic (exact) mass is 1140 g/mol. The van der Waals surface area contributed by atoms with Crippen LogP contribution in [0.2, 0.25) is 0 Å². The normalized spacial score (nSPS) is 13.8. The number of likely N-dealkylation sites (tertiary alicyclic amines) is 1. The number of carboxylic acid groups (broad SMARTS) is 1. The molecule has 2 N–H and O–H groups in total. The number of hydrogen-bond donors (Lipinski definition) is 2. The Morgan fingerprint density at radius 1 is 0.702 bits per heavy atom. The number of ether oxygens (including phenoxy) is 2. The highest BCUT2D eigenvalue weighted by molar-refractivity contribution is 7.21. The molecule has 17 heteroatoms. The van der Waals surface area contributed by atoms with Crippen molar-refractivity contribution in [2.45, 2.75) is 72.1 Å².